The summed E-state index contributed by atoms with van der Waals surface area (Å²) in [5, 5.41) is 6.89. The average Bonchev–Trinajstić information content (AvgIpc) is 2.23. The van der Waals surface area contributed by atoms with Gasteiger partial charge in [-0.05, 0) is 25.8 Å². The van der Waals surface area contributed by atoms with Crippen molar-refractivity contribution in [3.8, 4) is 0 Å². The molecule has 0 aromatic carbocycles. The lowest BCUT2D eigenvalue weighted by molar-refractivity contribution is 0.00880. The second-order valence-electron chi connectivity index (χ2n) is 4.47. The quantitative estimate of drug-likeness (QED) is 0.683. The Bertz CT molecular complexity index is 177. The summed E-state index contributed by atoms with van der Waals surface area (Å²) in [5.41, 5.74) is 0. The minimum atomic E-state index is 0.407. The van der Waals surface area contributed by atoms with Crippen LogP contribution in [-0.4, -0.2) is 51.6 Å². The number of methoxy groups -OCH3 is 1. The van der Waals surface area contributed by atoms with Gasteiger partial charge in [-0.1, -0.05) is 0 Å². The molecule has 4 nitrogen and oxygen atoms in total. The molecule has 4 heteroatoms. The maximum absolute atomic E-state index is 5.63. The molecule has 0 aromatic rings. The van der Waals surface area contributed by atoms with Crippen LogP contribution in [0, 0.1) is 0 Å². The second kappa shape index (κ2) is 5.80. The van der Waals surface area contributed by atoms with Gasteiger partial charge < -0.3 is 20.1 Å². The fraction of sp³-hybridized carbons (Fsp3) is 1.00. The SMILES string of the molecule is COC1CC(NCCC2CNCCO2)C1. The number of rotatable bonds is 5. The highest BCUT2D eigenvalue weighted by Gasteiger charge is 2.28. The number of nitrogens with one attached hydrogen (secondary N) is 2. The molecule has 2 aliphatic rings. The molecule has 0 amide bonds. The van der Waals surface area contributed by atoms with Gasteiger partial charge in [0.25, 0.3) is 0 Å². The summed E-state index contributed by atoms with van der Waals surface area (Å²) < 4.78 is 10.9. The molecule has 1 saturated heterocycles. The second-order valence-corrected chi connectivity index (χ2v) is 4.47. The predicted molar refractivity (Wildman–Crippen MR) is 59.0 cm³/mol. The normalized spacial score (nSPS) is 36.2. The summed E-state index contributed by atoms with van der Waals surface area (Å²) in [6, 6.07) is 0.673. The monoisotopic (exact) mass is 214 g/mol. The Morgan fingerprint density at radius 3 is 3.00 bits per heavy atom. The lowest BCUT2D eigenvalue weighted by atomic mass is 9.89. The maximum atomic E-state index is 5.63. The third-order valence-corrected chi connectivity index (χ3v) is 3.33. The van der Waals surface area contributed by atoms with Crippen molar-refractivity contribution in [1.82, 2.24) is 10.6 Å². The smallest absolute Gasteiger partial charge is 0.0712 e. The summed E-state index contributed by atoms with van der Waals surface area (Å²) in [4.78, 5) is 0. The molecule has 0 spiro atoms. The molecular weight excluding hydrogens is 192 g/mol. The van der Waals surface area contributed by atoms with Gasteiger partial charge in [-0.25, -0.2) is 0 Å². The first-order valence-corrected chi connectivity index (χ1v) is 5.97. The van der Waals surface area contributed by atoms with Crippen LogP contribution in [0.15, 0.2) is 0 Å². The number of hydrogen-bond donors (Lipinski definition) is 2. The molecule has 2 N–H and O–H groups in total. The van der Waals surface area contributed by atoms with Crippen molar-refractivity contribution in [3.63, 3.8) is 0 Å². The fourth-order valence-corrected chi connectivity index (χ4v) is 2.18. The van der Waals surface area contributed by atoms with E-state index in [9.17, 15) is 0 Å². The molecule has 0 aromatic heterocycles. The zero-order chi connectivity index (χ0) is 10.5. The minimum absolute atomic E-state index is 0.407. The third-order valence-electron chi connectivity index (χ3n) is 3.33. The number of morpholine rings is 1. The van der Waals surface area contributed by atoms with Crippen molar-refractivity contribution < 1.29 is 9.47 Å². The Morgan fingerprint density at radius 2 is 2.33 bits per heavy atom. The van der Waals surface area contributed by atoms with Crippen molar-refractivity contribution in [2.45, 2.75) is 37.5 Å². The zero-order valence-corrected chi connectivity index (χ0v) is 9.50. The van der Waals surface area contributed by atoms with Crippen LogP contribution in [0.2, 0.25) is 0 Å². The minimum Gasteiger partial charge on any atom is -0.381 e. The highest BCUT2D eigenvalue weighted by Crippen LogP contribution is 2.22. The topological polar surface area (TPSA) is 42.5 Å². The van der Waals surface area contributed by atoms with Crippen molar-refractivity contribution >= 4 is 0 Å². The molecule has 1 aliphatic heterocycles. The predicted octanol–water partition coefficient (Wildman–Crippen LogP) is 0.132. The Morgan fingerprint density at radius 1 is 1.47 bits per heavy atom. The van der Waals surface area contributed by atoms with Crippen LogP contribution in [0.4, 0.5) is 0 Å². The summed E-state index contributed by atoms with van der Waals surface area (Å²) in [6.07, 6.45) is 4.35. The molecule has 15 heavy (non-hydrogen) atoms. The van der Waals surface area contributed by atoms with E-state index in [-0.39, 0.29) is 0 Å². The molecule has 2 fully saturated rings. The molecule has 1 atom stereocenters. The van der Waals surface area contributed by atoms with Crippen LogP contribution < -0.4 is 10.6 Å². The summed E-state index contributed by atoms with van der Waals surface area (Å²) in [6.45, 7) is 3.93. The van der Waals surface area contributed by atoms with Crippen LogP contribution in [0.5, 0.6) is 0 Å². The molecule has 0 bridgehead atoms. The number of ether oxygens (including phenoxy) is 2. The van der Waals surface area contributed by atoms with Crippen molar-refractivity contribution in [2.24, 2.45) is 0 Å². The molecule has 88 valence electrons. The maximum Gasteiger partial charge on any atom is 0.0712 e. The van der Waals surface area contributed by atoms with Gasteiger partial charge in [0, 0.05) is 26.2 Å². The average molecular weight is 214 g/mol. The van der Waals surface area contributed by atoms with E-state index in [1.807, 2.05) is 0 Å². The lowest BCUT2D eigenvalue weighted by Crippen LogP contribution is -2.47. The van der Waals surface area contributed by atoms with E-state index in [2.05, 4.69) is 10.6 Å². The van der Waals surface area contributed by atoms with E-state index in [4.69, 9.17) is 9.47 Å². The molecule has 1 heterocycles. The van der Waals surface area contributed by atoms with Crippen molar-refractivity contribution in [2.75, 3.05) is 33.4 Å². The zero-order valence-electron chi connectivity index (χ0n) is 9.50. The Balaban J connectivity index is 1.48. The first-order chi connectivity index (χ1) is 7.38. The Hall–Kier alpha value is -0.160. The molecule has 1 aliphatic carbocycles. The molecule has 1 unspecified atom stereocenters. The lowest BCUT2D eigenvalue weighted by Gasteiger charge is -2.35. The van der Waals surface area contributed by atoms with Gasteiger partial charge in [-0.15, -0.1) is 0 Å². The first kappa shape index (κ1) is 11.3. The van der Waals surface area contributed by atoms with Crippen LogP contribution >= 0.6 is 0 Å². The van der Waals surface area contributed by atoms with E-state index in [1.54, 1.807) is 7.11 Å². The standard InChI is InChI=1S/C11H22N2O2/c1-14-11-6-9(7-11)13-3-2-10-8-12-4-5-15-10/h9-13H,2-8H2,1H3. The van der Waals surface area contributed by atoms with Crippen molar-refractivity contribution in [3.05, 3.63) is 0 Å². The van der Waals surface area contributed by atoms with Crippen LogP contribution in [-0.2, 0) is 9.47 Å². The van der Waals surface area contributed by atoms with Gasteiger partial charge in [0.2, 0.25) is 0 Å². The van der Waals surface area contributed by atoms with E-state index in [0.717, 1.165) is 32.7 Å². The molecule has 2 rings (SSSR count). The van der Waals surface area contributed by atoms with E-state index in [1.165, 1.54) is 12.8 Å². The van der Waals surface area contributed by atoms with Gasteiger partial charge in [-0.3, -0.25) is 0 Å². The summed E-state index contributed by atoms with van der Waals surface area (Å²) in [5.74, 6) is 0. The molecular formula is C11H22N2O2. The molecule has 0 radical (unpaired) electrons. The first-order valence-electron chi connectivity index (χ1n) is 5.97. The largest absolute Gasteiger partial charge is 0.381 e. The Labute approximate surface area is 91.7 Å². The summed E-state index contributed by atoms with van der Waals surface area (Å²) in [7, 11) is 1.79. The Kier molecular flexibility index (Phi) is 4.38. The summed E-state index contributed by atoms with van der Waals surface area (Å²) >= 11 is 0. The van der Waals surface area contributed by atoms with E-state index < -0.39 is 0 Å². The van der Waals surface area contributed by atoms with E-state index in [0.29, 0.717) is 18.2 Å². The van der Waals surface area contributed by atoms with Gasteiger partial charge in [-0.2, -0.15) is 0 Å². The van der Waals surface area contributed by atoms with Gasteiger partial charge in [0.15, 0.2) is 0 Å². The van der Waals surface area contributed by atoms with Crippen LogP contribution in [0.25, 0.3) is 0 Å². The highest BCUT2D eigenvalue weighted by atomic mass is 16.5. The van der Waals surface area contributed by atoms with Crippen LogP contribution in [0.3, 0.4) is 0 Å². The third kappa shape index (κ3) is 3.41. The highest BCUT2D eigenvalue weighted by molar-refractivity contribution is 4.85. The van der Waals surface area contributed by atoms with Gasteiger partial charge in [0.1, 0.15) is 0 Å². The van der Waals surface area contributed by atoms with Crippen LogP contribution in [0.1, 0.15) is 19.3 Å². The number of hydrogen-bond acceptors (Lipinski definition) is 4. The van der Waals surface area contributed by atoms with Crippen molar-refractivity contribution in [1.29, 1.82) is 0 Å². The van der Waals surface area contributed by atoms with Gasteiger partial charge >= 0.3 is 0 Å². The van der Waals surface area contributed by atoms with Gasteiger partial charge in [0.05, 0.1) is 18.8 Å². The van der Waals surface area contributed by atoms with E-state index >= 15 is 0 Å². The molecule has 1 saturated carbocycles. The fourth-order valence-electron chi connectivity index (χ4n) is 2.18.